The molecule has 0 bridgehead atoms. The van der Waals surface area contributed by atoms with Gasteiger partial charge in [-0.3, -0.25) is 0 Å². The average molecular weight is 575 g/mol. The van der Waals surface area contributed by atoms with Crippen molar-refractivity contribution in [1.29, 1.82) is 0 Å². The molecular weight excluding hydrogens is 552 g/mol. The lowest BCUT2D eigenvalue weighted by Crippen LogP contribution is -2.47. The van der Waals surface area contributed by atoms with Crippen molar-refractivity contribution >= 4 is 28.7 Å². The summed E-state index contributed by atoms with van der Waals surface area (Å²) in [4.78, 5) is 14.6. The van der Waals surface area contributed by atoms with Gasteiger partial charge in [0.05, 0.1) is 0 Å². The van der Waals surface area contributed by atoms with E-state index < -0.39 is 0 Å². The van der Waals surface area contributed by atoms with Crippen LogP contribution in [-0.2, 0) is 0 Å². The van der Waals surface area contributed by atoms with Gasteiger partial charge >= 0.3 is 6.09 Å². The molecule has 1 saturated heterocycles. The van der Waals surface area contributed by atoms with Crippen molar-refractivity contribution in [2.45, 2.75) is 16.4 Å². The normalized spacial score (nSPS) is 20.0. The van der Waals surface area contributed by atoms with Crippen LogP contribution in [0.4, 0.5) is 9.18 Å². The zero-order valence-electron chi connectivity index (χ0n) is 18.2. The largest absolute Gasteiger partial charge is 0.480 e. The molecule has 3 aromatic rings. The topological polar surface area (TPSA) is 57.2 Å². The number of amides is 1. The molecule has 0 saturated carbocycles. The first-order valence-electron chi connectivity index (χ1n) is 11.0. The van der Waals surface area contributed by atoms with Gasteiger partial charge in [-0.2, -0.15) is 0 Å². The lowest BCUT2D eigenvalue weighted by molar-refractivity contribution is 0.0929. The Morgan fingerprint density at radius 1 is 1.00 bits per heavy atom. The molecule has 0 aliphatic carbocycles. The fourth-order valence-electron chi connectivity index (χ4n) is 4.36. The Labute approximate surface area is 210 Å². The van der Waals surface area contributed by atoms with E-state index in [2.05, 4.69) is 22.6 Å². The molecule has 2 heterocycles. The van der Waals surface area contributed by atoms with Crippen LogP contribution in [0.1, 0.15) is 17.9 Å². The highest BCUT2D eigenvalue weighted by Crippen LogP contribution is 2.41. The van der Waals surface area contributed by atoms with Gasteiger partial charge in [-0.15, -0.1) is 0 Å². The van der Waals surface area contributed by atoms with Crippen LogP contribution in [0, 0.1) is 11.7 Å². The molecule has 0 aromatic heterocycles. The number of rotatable bonds is 5. The van der Waals surface area contributed by atoms with Crippen LogP contribution < -0.4 is 18.9 Å². The van der Waals surface area contributed by atoms with Crippen molar-refractivity contribution in [3.05, 3.63) is 84.2 Å². The minimum Gasteiger partial charge on any atom is -0.480 e. The van der Waals surface area contributed by atoms with Crippen molar-refractivity contribution in [3.8, 4) is 23.0 Å². The quantitative estimate of drug-likeness (QED) is 0.276. The highest BCUT2D eigenvalue weighted by Gasteiger charge is 2.38. The van der Waals surface area contributed by atoms with E-state index in [1.807, 2.05) is 48.5 Å². The van der Waals surface area contributed by atoms with Crippen molar-refractivity contribution in [3.63, 3.8) is 0 Å². The Balaban J connectivity index is 1.35. The minimum absolute atomic E-state index is 0.0476. The number of piperidine rings is 1. The number of halogens is 2. The summed E-state index contributed by atoms with van der Waals surface area (Å²) >= 11 is 2.27. The van der Waals surface area contributed by atoms with Gasteiger partial charge in [0, 0.05) is 25.1 Å². The number of likely N-dealkylation sites (tertiary alicyclic amines) is 1. The van der Waals surface area contributed by atoms with Gasteiger partial charge in [0.1, 0.15) is 17.3 Å². The van der Waals surface area contributed by atoms with Gasteiger partial charge in [0.2, 0.25) is 6.79 Å². The molecule has 1 fully saturated rings. The number of fused-ring (bicyclic) bond motifs is 1. The first kappa shape index (κ1) is 22.8. The second-order valence-corrected chi connectivity index (χ2v) is 9.45. The molecule has 1 amide bonds. The predicted molar refractivity (Wildman–Crippen MR) is 132 cm³/mol. The molecule has 8 heteroatoms. The Kier molecular flexibility index (Phi) is 6.75. The molecule has 5 rings (SSSR count). The van der Waals surface area contributed by atoms with Gasteiger partial charge in [-0.1, -0.05) is 30.3 Å². The average Bonchev–Trinajstić information content (AvgIpc) is 3.33. The molecular formula is C26H23FINO5. The maximum Gasteiger partial charge on any atom is 0.415 e. The fourth-order valence-corrected chi connectivity index (χ4v) is 5.38. The summed E-state index contributed by atoms with van der Waals surface area (Å²) < 4.78 is 36.0. The van der Waals surface area contributed by atoms with Crippen LogP contribution >= 0.6 is 22.6 Å². The monoisotopic (exact) mass is 575 g/mol. The molecule has 3 aromatic carbocycles. The van der Waals surface area contributed by atoms with Crippen LogP contribution in [0.3, 0.4) is 0 Å². The summed E-state index contributed by atoms with van der Waals surface area (Å²) in [5, 5.41) is 0. The number of ether oxygens (including phenoxy) is 4. The SMILES string of the molecule is O=C(Oc1ccccc1)N1CC[C@@H](c2ccc(F)cc2)C([C@H](I)Oc2ccc3c(c2)OCO3)C1. The molecule has 2 aliphatic heterocycles. The number of nitrogens with zero attached hydrogens (tertiary/aromatic N) is 1. The highest BCUT2D eigenvalue weighted by molar-refractivity contribution is 14.1. The molecule has 0 radical (unpaired) electrons. The third kappa shape index (κ3) is 5.06. The zero-order chi connectivity index (χ0) is 23.5. The smallest absolute Gasteiger partial charge is 0.415 e. The van der Waals surface area contributed by atoms with Crippen molar-refractivity contribution < 1.29 is 28.1 Å². The summed E-state index contributed by atoms with van der Waals surface area (Å²) in [6.07, 6.45) is 0.324. The van der Waals surface area contributed by atoms with Crippen molar-refractivity contribution in [2.24, 2.45) is 5.92 Å². The molecule has 6 nitrogen and oxygen atoms in total. The van der Waals surface area contributed by atoms with Gasteiger partial charge in [-0.05, 0) is 76.9 Å². The maximum atomic E-state index is 13.6. The zero-order valence-corrected chi connectivity index (χ0v) is 20.4. The van der Waals surface area contributed by atoms with E-state index in [9.17, 15) is 9.18 Å². The molecule has 0 N–H and O–H groups in total. The molecule has 3 atom stereocenters. The van der Waals surface area contributed by atoms with Crippen molar-refractivity contribution in [1.82, 2.24) is 4.90 Å². The third-order valence-corrected chi connectivity index (χ3v) is 7.27. The van der Waals surface area contributed by atoms with Gasteiger partial charge in [-0.25, -0.2) is 9.18 Å². The van der Waals surface area contributed by atoms with Crippen LogP contribution in [0.25, 0.3) is 0 Å². The Bertz CT molecular complexity index is 1140. The third-order valence-electron chi connectivity index (χ3n) is 6.09. The first-order valence-corrected chi connectivity index (χ1v) is 12.3. The second kappa shape index (κ2) is 10.1. The van der Waals surface area contributed by atoms with E-state index in [1.54, 1.807) is 17.0 Å². The summed E-state index contributed by atoms with van der Waals surface area (Å²) in [5.74, 6) is 2.28. The number of hydrogen-bond acceptors (Lipinski definition) is 5. The van der Waals surface area contributed by atoms with Crippen LogP contribution in [0.5, 0.6) is 23.0 Å². The summed E-state index contributed by atoms with van der Waals surface area (Å²) in [6, 6.07) is 21.1. The molecule has 176 valence electrons. The van der Waals surface area contributed by atoms with E-state index in [4.69, 9.17) is 18.9 Å². The summed E-state index contributed by atoms with van der Waals surface area (Å²) in [5.41, 5.74) is 1.03. The van der Waals surface area contributed by atoms with Crippen molar-refractivity contribution in [2.75, 3.05) is 19.9 Å². The number of alkyl halides is 1. The standard InChI is InChI=1S/C26H23FINO5/c27-18-8-6-17(7-9-18)21-12-13-29(26(30)34-19-4-2-1-3-5-19)15-22(21)25(28)33-20-10-11-23-24(14-20)32-16-31-23/h1-11,14,21-22,25H,12-13,15-16H2/t21-,22?,25+/m0/s1. The Morgan fingerprint density at radius 2 is 1.76 bits per heavy atom. The molecule has 1 unspecified atom stereocenters. The van der Waals surface area contributed by atoms with E-state index in [0.717, 1.165) is 5.56 Å². The maximum absolute atomic E-state index is 13.6. The van der Waals surface area contributed by atoms with Gasteiger partial charge in [0.15, 0.2) is 15.6 Å². The fraction of sp³-hybridized carbons (Fsp3) is 0.269. The lowest BCUT2D eigenvalue weighted by Gasteiger charge is -2.40. The summed E-state index contributed by atoms with van der Waals surface area (Å²) in [6.45, 7) is 1.18. The highest BCUT2D eigenvalue weighted by atomic mass is 127. The van der Waals surface area contributed by atoms with Crippen LogP contribution in [0.15, 0.2) is 72.8 Å². The van der Waals surface area contributed by atoms with E-state index >= 15 is 0 Å². The predicted octanol–water partition coefficient (Wildman–Crippen LogP) is 6.00. The Hall–Kier alpha value is -3.01. The number of benzene rings is 3. The van der Waals surface area contributed by atoms with Crippen LogP contribution in [0.2, 0.25) is 0 Å². The number of carbonyl (C=O) groups excluding carboxylic acids is 1. The van der Waals surface area contributed by atoms with Crippen LogP contribution in [-0.4, -0.2) is 35.0 Å². The number of hydrogen-bond donors (Lipinski definition) is 0. The van der Waals surface area contributed by atoms with E-state index in [-0.39, 0.29) is 34.6 Å². The molecule has 34 heavy (non-hydrogen) atoms. The van der Waals surface area contributed by atoms with Gasteiger partial charge in [0.25, 0.3) is 0 Å². The first-order chi connectivity index (χ1) is 16.6. The number of para-hydroxylation sites is 1. The lowest BCUT2D eigenvalue weighted by atomic mass is 9.81. The van der Waals surface area contributed by atoms with E-state index in [0.29, 0.717) is 42.5 Å². The summed E-state index contributed by atoms with van der Waals surface area (Å²) in [7, 11) is 0. The molecule has 0 spiro atoms. The van der Waals surface area contributed by atoms with Gasteiger partial charge < -0.3 is 23.8 Å². The Morgan fingerprint density at radius 3 is 2.56 bits per heavy atom. The number of carbonyl (C=O) groups is 1. The van der Waals surface area contributed by atoms with E-state index in [1.165, 1.54) is 12.1 Å². The minimum atomic E-state index is -0.388. The molecule has 2 aliphatic rings. The second-order valence-electron chi connectivity index (χ2n) is 8.22.